The van der Waals surface area contributed by atoms with Gasteiger partial charge < -0.3 is 9.52 Å². The van der Waals surface area contributed by atoms with E-state index in [9.17, 15) is 9.50 Å². The van der Waals surface area contributed by atoms with E-state index in [1.165, 1.54) is 17.4 Å². The minimum Gasteiger partial charge on any atom is -0.462 e. The molecule has 4 aromatic rings. The molecule has 4 rings (SSSR count). The van der Waals surface area contributed by atoms with Gasteiger partial charge in [0.25, 0.3) is 0 Å². The molecule has 0 saturated carbocycles. The van der Waals surface area contributed by atoms with Gasteiger partial charge in [0, 0.05) is 5.56 Å². The molecule has 0 saturated heterocycles. The third kappa shape index (κ3) is 2.25. The molecule has 0 radical (unpaired) electrons. The van der Waals surface area contributed by atoms with Crippen molar-refractivity contribution in [1.82, 2.24) is 14.6 Å². The summed E-state index contributed by atoms with van der Waals surface area (Å²) in [7, 11) is 0. The monoisotopic (exact) mass is 329 g/mol. The Hall–Kier alpha value is -2.51. The molecule has 0 amide bonds. The van der Waals surface area contributed by atoms with Crippen LogP contribution in [0.4, 0.5) is 4.39 Å². The van der Waals surface area contributed by atoms with Crippen molar-refractivity contribution < 1.29 is 13.9 Å². The van der Waals surface area contributed by atoms with Crippen LogP contribution in [0.2, 0.25) is 0 Å². The van der Waals surface area contributed by atoms with E-state index in [0.29, 0.717) is 32.7 Å². The lowest BCUT2D eigenvalue weighted by Crippen LogP contribution is -1.96. The minimum atomic E-state index is -0.265. The molecule has 5 nitrogen and oxygen atoms in total. The maximum Gasteiger partial charge on any atom is 0.213 e. The predicted molar refractivity (Wildman–Crippen MR) is 84.6 cm³/mol. The van der Waals surface area contributed by atoms with Crippen LogP contribution < -0.4 is 0 Å². The zero-order valence-electron chi connectivity index (χ0n) is 12.2. The molecule has 0 atom stereocenters. The standard InChI is InChI=1S/C16H12FN3O2S/c1-9-7-10(4-5-11(9)17)14-12(8-21)20-16(18-14)23-15(19-20)13-3-2-6-22-13/h2-7,21H,8H2,1H3. The van der Waals surface area contributed by atoms with E-state index in [1.807, 2.05) is 6.07 Å². The summed E-state index contributed by atoms with van der Waals surface area (Å²) in [4.78, 5) is 5.20. The number of hydrogen-bond acceptors (Lipinski definition) is 5. The molecule has 116 valence electrons. The number of nitrogens with zero attached hydrogens (tertiary/aromatic N) is 3. The first kappa shape index (κ1) is 14.1. The molecule has 7 heteroatoms. The Morgan fingerprint density at radius 1 is 1.35 bits per heavy atom. The fraction of sp³-hybridized carbons (Fsp3) is 0.125. The highest BCUT2D eigenvalue weighted by Crippen LogP contribution is 2.31. The number of aryl methyl sites for hydroxylation is 1. The Morgan fingerprint density at radius 2 is 2.22 bits per heavy atom. The Balaban J connectivity index is 1.88. The average Bonchev–Trinajstić information content (AvgIpc) is 3.23. The van der Waals surface area contributed by atoms with Gasteiger partial charge in [0.15, 0.2) is 10.8 Å². The van der Waals surface area contributed by atoms with Crippen molar-refractivity contribution in [3.8, 4) is 22.0 Å². The number of halogens is 1. The highest BCUT2D eigenvalue weighted by molar-refractivity contribution is 7.19. The Bertz CT molecular complexity index is 989. The van der Waals surface area contributed by atoms with Crippen LogP contribution in [0.25, 0.3) is 27.0 Å². The fourth-order valence-electron chi connectivity index (χ4n) is 2.46. The van der Waals surface area contributed by atoms with Gasteiger partial charge in [-0.3, -0.25) is 0 Å². The van der Waals surface area contributed by atoms with Crippen LogP contribution in [0.5, 0.6) is 0 Å². The summed E-state index contributed by atoms with van der Waals surface area (Å²) in [6, 6.07) is 8.39. The van der Waals surface area contributed by atoms with Crippen LogP contribution in [0.3, 0.4) is 0 Å². The van der Waals surface area contributed by atoms with Crippen LogP contribution in [0.1, 0.15) is 11.3 Å². The second-order valence-corrected chi connectivity index (χ2v) is 6.06. The van der Waals surface area contributed by atoms with E-state index >= 15 is 0 Å². The van der Waals surface area contributed by atoms with Gasteiger partial charge in [-0.15, -0.1) is 0 Å². The van der Waals surface area contributed by atoms with E-state index in [0.717, 1.165) is 5.56 Å². The number of imidazole rings is 1. The van der Waals surface area contributed by atoms with Crippen LogP contribution in [0, 0.1) is 12.7 Å². The molecule has 0 aliphatic rings. The Kier molecular flexibility index (Phi) is 3.24. The molecule has 3 heterocycles. The largest absolute Gasteiger partial charge is 0.462 e. The second kappa shape index (κ2) is 5.29. The van der Waals surface area contributed by atoms with Crippen molar-refractivity contribution in [2.75, 3.05) is 0 Å². The molecular weight excluding hydrogens is 317 g/mol. The van der Waals surface area contributed by atoms with Crippen LogP contribution in [0.15, 0.2) is 41.0 Å². The molecule has 0 spiro atoms. The van der Waals surface area contributed by atoms with Gasteiger partial charge in [-0.05, 0) is 42.8 Å². The molecule has 0 fully saturated rings. The predicted octanol–water partition coefficient (Wildman–Crippen LogP) is 3.66. The highest BCUT2D eigenvalue weighted by atomic mass is 32.1. The molecule has 0 unspecified atom stereocenters. The summed E-state index contributed by atoms with van der Waals surface area (Å²) in [6.07, 6.45) is 1.58. The van der Waals surface area contributed by atoms with E-state index in [-0.39, 0.29) is 12.4 Å². The number of hydrogen-bond donors (Lipinski definition) is 1. The minimum absolute atomic E-state index is 0.214. The molecule has 0 aliphatic heterocycles. The van der Waals surface area contributed by atoms with Gasteiger partial charge >= 0.3 is 0 Å². The summed E-state index contributed by atoms with van der Waals surface area (Å²) in [5.41, 5.74) is 2.47. The molecule has 0 aliphatic carbocycles. The van der Waals surface area contributed by atoms with Crippen molar-refractivity contribution in [1.29, 1.82) is 0 Å². The number of aliphatic hydroxyl groups is 1. The zero-order chi connectivity index (χ0) is 16.0. The lowest BCUT2D eigenvalue weighted by atomic mass is 10.1. The first-order chi connectivity index (χ1) is 11.2. The quantitative estimate of drug-likeness (QED) is 0.623. The molecule has 0 bridgehead atoms. The lowest BCUT2D eigenvalue weighted by molar-refractivity contribution is 0.275. The van der Waals surface area contributed by atoms with Gasteiger partial charge in [-0.1, -0.05) is 11.3 Å². The topological polar surface area (TPSA) is 63.6 Å². The number of aliphatic hydroxyl groups excluding tert-OH is 1. The molecule has 23 heavy (non-hydrogen) atoms. The Labute approximate surface area is 134 Å². The van der Waals surface area contributed by atoms with Crippen LogP contribution in [-0.4, -0.2) is 19.7 Å². The van der Waals surface area contributed by atoms with E-state index in [2.05, 4.69) is 10.1 Å². The number of fused-ring (bicyclic) bond motifs is 1. The molecule has 1 N–H and O–H groups in total. The van der Waals surface area contributed by atoms with Crippen molar-refractivity contribution >= 4 is 16.3 Å². The lowest BCUT2D eigenvalue weighted by Gasteiger charge is -2.03. The number of furan rings is 1. The van der Waals surface area contributed by atoms with E-state index < -0.39 is 0 Å². The Morgan fingerprint density at radius 3 is 2.91 bits per heavy atom. The SMILES string of the molecule is Cc1cc(-c2nc3sc(-c4ccco4)nn3c2CO)ccc1F. The van der Waals surface area contributed by atoms with Gasteiger partial charge in [0.1, 0.15) is 5.82 Å². The van der Waals surface area contributed by atoms with Gasteiger partial charge in [0.2, 0.25) is 4.96 Å². The first-order valence-corrected chi connectivity index (χ1v) is 7.78. The van der Waals surface area contributed by atoms with Crippen LogP contribution in [-0.2, 0) is 6.61 Å². The summed E-state index contributed by atoms with van der Waals surface area (Å²) >= 11 is 1.37. The van der Waals surface area contributed by atoms with Crippen molar-refractivity contribution in [3.63, 3.8) is 0 Å². The van der Waals surface area contributed by atoms with Gasteiger partial charge in [-0.2, -0.15) is 5.10 Å². The van der Waals surface area contributed by atoms with Gasteiger partial charge in [-0.25, -0.2) is 13.9 Å². The summed E-state index contributed by atoms with van der Waals surface area (Å²) in [5, 5.41) is 14.9. The maximum absolute atomic E-state index is 13.5. The third-order valence-electron chi connectivity index (χ3n) is 3.61. The van der Waals surface area contributed by atoms with E-state index in [1.54, 1.807) is 35.9 Å². The fourth-order valence-corrected chi connectivity index (χ4v) is 3.34. The first-order valence-electron chi connectivity index (χ1n) is 6.97. The third-order valence-corrected chi connectivity index (χ3v) is 4.53. The highest BCUT2D eigenvalue weighted by Gasteiger charge is 2.19. The summed E-state index contributed by atoms with van der Waals surface area (Å²) in [5.74, 6) is 0.391. The average molecular weight is 329 g/mol. The summed E-state index contributed by atoms with van der Waals surface area (Å²) in [6.45, 7) is 1.48. The van der Waals surface area contributed by atoms with Crippen LogP contribution >= 0.6 is 11.3 Å². The normalized spacial score (nSPS) is 11.4. The molecule has 3 aromatic heterocycles. The number of rotatable bonds is 3. The van der Waals surface area contributed by atoms with Crippen molar-refractivity contribution in [2.24, 2.45) is 0 Å². The van der Waals surface area contributed by atoms with Gasteiger partial charge in [0.05, 0.1) is 24.3 Å². The maximum atomic E-state index is 13.5. The van der Waals surface area contributed by atoms with E-state index in [4.69, 9.17) is 4.42 Å². The second-order valence-electron chi connectivity index (χ2n) is 5.11. The number of benzene rings is 1. The zero-order valence-corrected chi connectivity index (χ0v) is 13.0. The molecule has 1 aromatic carbocycles. The van der Waals surface area contributed by atoms with Crippen molar-refractivity contribution in [3.05, 3.63) is 53.7 Å². The summed E-state index contributed by atoms with van der Waals surface area (Å²) < 4.78 is 20.4. The molecular formula is C16H12FN3O2S. The number of aromatic nitrogens is 3. The van der Waals surface area contributed by atoms with Crippen molar-refractivity contribution in [2.45, 2.75) is 13.5 Å². The smallest absolute Gasteiger partial charge is 0.213 e.